The molecule has 1 amide bonds. The maximum absolute atomic E-state index is 13.1. The molecule has 0 radical (unpaired) electrons. The molecule has 7 rings (SSSR count). The summed E-state index contributed by atoms with van der Waals surface area (Å²) in [7, 11) is 3.20. The summed E-state index contributed by atoms with van der Waals surface area (Å²) < 4.78 is 26.2. The van der Waals surface area contributed by atoms with E-state index in [4.69, 9.17) is 18.7 Å². The molecule has 1 spiro atoms. The lowest BCUT2D eigenvalue weighted by Crippen LogP contribution is -2.40. The summed E-state index contributed by atoms with van der Waals surface area (Å²) >= 11 is 1.36. The van der Waals surface area contributed by atoms with Crippen LogP contribution in [0.15, 0.2) is 39.8 Å². The van der Waals surface area contributed by atoms with Crippen molar-refractivity contribution in [3.8, 4) is 22.8 Å². The van der Waals surface area contributed by atoms with Crippen molar-refractivity contribution >= 4 is 29.4 Å². The molecular weight excluding hydrogens is 516 g/mol. The maximum Gasteiger partial charge on any atom is 0.254 e. The molecule has 10 heteroatoms. The lowest BCUT2D eigenvalue weighted by molar-refractivity contribution is 0.0302. The number of hydrogen-bond acceptors (Lipinski definition) is 9. The van der Waals surface area contributed by atoms with Gasteiger partial charge in [-0.15, -0.1) is 0 Å². The summed E-state index contributed by atoms with van der Waals surface area (Å²) in [6.07, 6.45) is 4.52. The van der Waals surface area contributed by atoms with E-state index >= 15 is 0 Å². The first-order chi connectivity index (χ1) is 19.1. The Hall–Kier alpha value is -3.37. The van der Waals surface area contributed by atoms with Gasteiger partial charge in [0.25, 0.3) is 5.91 Å². The number of fused-ring (bicyclic) bond motifs is 4. The number of benzene rings is 2. The molecule has 3 fully saturated rings. The van der Waals surface area contributed by atoms with Crippen LogP contribution in [0, 0.1) is 0 Å². The molecule has 2 saturated heterocycles. The third-order valence-electron chi connectivity index (χ3n) is 8.45. The number of morpholine rings is 1. The number of amides is 1. The van der Waals surface area contributed by atoms with Gasteiger partial charge in [0.05, 0.1) is 27.4 Å². The van der Waals surface area contributed by atoms with E-state index in [1.54, 1.807) is 31.3 Å². The highest BCUT2D eigenvalue weighted by molar-refractivity contribution is 8.00. The van der Waals surface area contributed by atoms with Crippen LogP contribution in [0.5, 0.6) is 11.5 Å². The zero-order valence-electron chi connectivity index (χ0n) is 22.2. The van der Waals surface area contributed by atoms with Crippen molar-refractivity contribution in [1.29, 1.82) is 0 Å². The van der Waals surface area contributed by atoms with Crippen LogP contribution in [0.1, 0.15) is 40.7 Å². The lowest BCUT2D eigenvalue weighted by Gasteiger charge is -2.34. The van der Waals surface area contributed by atoms with Crippen LogP contribution in [-0.4, -0.2) is 69.6 Å². The second-order valence-electron chi connectivity index (χ2n) is 10.7. The van der Waals surface area contributed by atoms with Gasteiger partial charge >= 0.3 is 0 Å². The largest absolute Gasteiger partial charge is 0.495 e. The maximum atomic E-state index is 13.1. The lowest BCUT2D eigenvalue weighted by atomic mass is 9.79. The standard InChI is InChI=1S/C29H32N4O5S/c1-35-23-14-18(28(34)33-10-12-37-13-11-33)15-24(36-2)26(23)39-31-27-21-17-29(6-7-29)22-5-4-19(32-8-3-9-32)16-20(22)25(21)38-30-27/h4-5,14-16H,3,6-13,17H2,1-2H3,(H,30,31). The fraction of sp³-hybridized carbons (Fsp3) is 0.448. The van der Waals surface area contributed by atoms with Gasteiger partial charge in [0.2, 0.25) is 0 Å². The smallest absolute Gasteiger partial charge is 0.254 e. The number of rotatable bonds is 7. The van der Waals surface area contributed by atoms with Crippen LogP contribution >= 0.6 is 11.9 Å². The Morgan fingerprint density at radius 2 is 1.79 bits per heavy atom. The van der Waals surface area contributed by atoms with Gasteiger partial charge in [-0.1, -0.05) is 11.2 Å². The summed E-state index contributed by atoms with van der Waals surface area (Å²) in [6.45, 7) is 4.45. The number of methoxy groups -OCH3 is 2. The molecule has 2 aromatic carbocycles. The Morgan fingerprint density at radius 3 is 2.44 bits per heavy atom. The second kappa shape index (κ2) is 9.67. The van der Waals surface area contributed by atoms with Gasteiger partial charge in [0, 0.05) is 54.0 Å². The monoisotopic (exact) mass is 548 g/mol. The first-order valence-corrected chi connectivity index (χ1v) is 14.4. The molecule has 9 nitrogen and oxygen atoms in total. The van der Waals surface area contributed by atoms with Crippen molar-refractivity contribution in [3.63, 3.8) is 0 Å². The summed E-state index contributed by atoms with van der Waals surface area (Å²) in [5.74, 6) is 2.64. The fourth-order valence-electron chi connectivity index (χ4n) is 5.90. The Bertz CT molecular complexity index is 1400. The van der Waals surface area contributed by atoms with E-state index < -0.39 is 0 Å². The van der Waals surface area contributed by atoms with Crippen LogP contribution in [0.2, 0.25) is 0 Å². The molecule has 4 aliphatic rings. The molecule has 2 aliphatic carbocycles. The third kappa shape index (κ3) is 4.21. The topological polar surface area (TPSA) is 89.3 Å². The normalized spacial score (nSPS) is 18.7. The van der Waals surface area contributed by atoms with Gasteiger partial charge in [-0.05, 0) is 67.5 Å². The molecule has 0 bridgehead atoms. The molecule has 3 aromatic rings. The molecule has 1 saturated carbocycles. The van der Waals surface area contributed by atoms with Crippen molar-refractivity contribution in [2.75, 3.05) is 63.2 Å². The van der Waals surface area contributed by atoms with Crippen LogP contribution in [-0.2, 0) is 16.6 Å². The number of carbonyl (C=O) groups is 1. The van der Waals surface area contributed by atoms with E-state index in [0.29, 0.717) is 43.4 Å². The number of nitrogens with one attached hydrogen (secondary N) is 1. The average Bonchev–Trinajstić information content (AvgIpc) is 3.60. The SMILES string of the molecule is COc1cc(C(=O)N2CCOCC2)cc(OC)c1SNc1noc2c1CC1(CC1)c1ccc(N3CCC3)cc1-2. The van der Waals surface area contributed by atoms with Crippen molar-refractivity contribution < 1.29 is 23.5 Å². The molecule has 204 valence electrons. The number of anilines is 2. The molecule has 3 heterocycles. The Labute approximate surface area is 231 Å². The van der Waals surface area contributed by atoms with Gasteiger partial charge in [0.1, 0.15) is 16.4 Å². The fourth-order valence-corrected chi connectivity index (χ4v) is 6.75. The summed E-state index contributed by atoms with van der Waals surface area (Å²) in [5, 5.41) is 4.46. The number of nitrogens with zero attached hydrogens (tertiary/aromatic N) is 3. The zero-order valence-corrected chi connectivity index (χ0v) is 23.1. The van der Waals surface area contributed by atoms with Crippen molar-refractivity contribution in [3.05, 3.63) is 47.0 Å². The summed E-state index contributed by atoms with van der Waals surface area (Å²) in [5.41, 5.74) is 5.64. The van der Waals surface area contributed by atoms with Crippen molar-refractivity contribution in [2.24, 2.45) is 0 Å². The molecule has 0 unspecified atom stereocenters. The van der Waals surface area contributed by atoms with E-state index in [-0.39, 0.29) is 11.3 Å². The molecule has 0 atom stereocenters. The van der Waals surface area contributed by atoms with E-state index in [1.165, 1.54) is 48.0 Å². The minimum atomic E-state index is -0.0593. The third-order valence-corrected chi connectivity index (χ3v) is 9.35. The van der Waals surface area contributed by atoms with Crippen LogP contribution in [0.3, 0.4) is 0 Å². The highest BCUT2D eigenvalue weighted by atomic mass is 32.2. The Balaban J connectivity index is 1.17. The van der Waals surface area contributed by atoms with Crippen LogP contribution < -0.4 is 19.1 Å². The van der Waals surface area contributed by atoms with Gasteiger partial charge in [-0.25, -0.2) is 0 Å². The second-order valence-corrected chi connectivity index (χ2v) is 11.5. The van der Waals surface area contributed by atoms with Gasteiger partial charge in [0.15, 0.2) is 11.6 Å². The summed E-state index contributed by atoms with van der Waals surface area (Å²) in [6, 6.07) is 10.4. The quantitative estimate of drug-likeness (QED) is 0.420. The number of aromatic nitrogens is 1. The molecule has 2 aliphatic heterocycles. The van der Waals surface area contributed by atoms with E-state index in [0.717, 1.165) is 41.5 Å². The summed E-state index contributed by atoms with van der Waals surface area (Å²) in [4.78, 5) is 18.1. The highest BCUT2D eigenvalue weighted by Crippen LogP contribution is 2.59. The van der Waals surface area contributed by atoms with Crippen LogP contribution in [0.4, 0.5) is 11.5 Å². The highest BCUT2D eigenvalue weighted by Gasteiger charge is 2.50. The van der Waals surface area contributed by atoms with Gasteiger partial charge in [-0.3, -0.25) is 4.79 Å². The van der Waals surface area contributed by atoms with E-state index in [1.807, 2.05) is 0 Å². The minimum absolute atomic E-state index is 0.0593. The molecular formula is C29H32N4O5S. The van der Waals surface area contributed by atoms with Crippen LogP contribution in [0.25, 0.3) is 11.3 Å². The predicted molar refractivity (Wildman–Crippen MR) is 149 cm³/mol. The molecule has 1 aromatic heterocycles. The van der Waals surface area contributed by atoms with Gasteiger partial charge < -0.3 is 33.3 Å². The van der Waals surface area contributed by atoms with Gasteiger partial charge in [-0.2, -0.15) is 0 Å². The molecule has 1 N–H and O–H groups in total. The first kappa shape index (κ1) is 24.7. The number of hydrogen-bond donors (Lipinski definition) is 1. The average molecular weight is 549 g/mol. The number of ether oxygens (including phenoxy) is 3. The first-order valence-electron chi connectivity index (χ1n) is 13.5. The zero-order chi connectivity index (χ0) is 26.6. The Morgan fingerprint density at radius 1 is 1.05 bits per heavy atom. The van der Waals surface area contributed by atoms with E-state index in [2.05, 4.69) is 33.0 Å². The number of carbonyl (C=O) groups excluding carboxylic acids is 1. The van der Waals surface area contributed by atoms with Crippen molar-refractivity contribution in [1.82, 2.24) is 10.1 Å². The predicted octanol–water partition coefficient (Wildman–Crippen LogP) is 4.75. The molecule has 39 heavy (non-hydrogen) atoms. The minimum Gasteiger partial charge on any atom is -0.495 e. The van der Waals surface area contributed by atoms with Crippen molar-refractivity contribution in [2.45, 2.75) is 36.0 Å². The Kier molecular flexibility index (Phi) is 6.12. The van der Waals surface area contributed by atoms with E-state index in [9.17, 15) is 4.79 Å².